The topological polar surface area (TPSA) is 88.4 Å². The van der Waals surface area contributed by atoms with Crippen molar-refractivity contribution >= 4 is 32.7 Å². The molecule has 0 spiro atoms. The predicted octanol–water partition coefficient (Wildman–Crippen LogP) is 3.25. The van der Waals surface area contributed by atoms with E-state index in [4.69, 9.17) is 4.42 Å². The summed E-state index contributed by atoms with van der Waals surface area (Å²) in [4.78, 5) is 11.9. The molecule has 0 saturated heterocycles. The molecular weight excluding hydrogens is 316 g/mol. The van der Waals surface area contributed by atoms with Crippen molar-refractivity contribution in [3.63, 3.8) is 0 Å². The minimum absolute atomic E-state index is 0.00884. The Morgan fingerprint density at radius 3 is 2.52 bits per heavy atom. The number of carbonyl (C=O) groups excluding carboxylic acids is 1. The molecule has 3 aromatic rings. The van der Waals surface area contributed by atoms with Crippen molar-refractivity contribution in [1.82, 2.24) is 4.72 Å². The largest absolute Gasteiger partial charge is 0.464 e. The van der Waals surface area contributed by atoms with Crippen LogP contribution in [0.5, 0.6) is 0 Å². The molecule has 23 heavy (non-hydrogen) atoms. The molecule has 0 atom stereocenters. The van der Waals surface area contributed by atoms with Gasteiger partial charge in [0, 0.05) is 11.1 Å². The minimum atomic E-state index is -3.96. The molecule has 0 radical (unpaired) electrons. The number of anilines is 1. The van der Waals surface area contributed by atoms with E-state index in [1.807, 2.05) is 23.8 Å². The fourth-order valence-corrected chi connectivity index (χ4v) is 3.03. The fraction of sp³-hybridized carbons (Fsp3) is 0.0625. The SMILES string of the molecule is Cc1ccc(NC(=O)NS(=O)(=O)c2ccc3occc3c2)cc1. The van der Waals surface area contributed by atoms with Crippen LogP contribution in [-0.2, 0) is 10.0 Å². The Balaban J connectivity index is 1.77. The number of urea groups is 1. The monoisotopic (exact) mass is 330 g/mol. The first-order valence-electron chi connectivity index (χ1n) is 6.82. The van der Waals surface area contributed by atoms with Gasteiger partial charge in [0.2, 0.25) is 0 Å². The maximum atomic E-state index is 12.2. The van der Waals surface area contributed by atoms with E-state index in [-0.39, 0.29) is 4.90 Å². The molecule has 2 amide bonds. The highest BCUT2D eigenvalue weighted by Gasteiger charge is 2.18. The number of hydrogen-bond donors (Lipinski definition) is 2. The number of furan rings is 1. The van der Waals surface area contributed by atoms with E-state index in [2.05, 4.69) is 5.32 Å². The third kappa shape index (κ3) is 3.35. The average Bonchev–Trinajstić information content (AvgIpc) is 2.96. The first kappa shape index (κ1) is 15.1. The third-order valence-corrected chi connectivity index (χ3v) is 4.60. The van der Waals surface area contributed by atoms with Crippen LogP contribution >= 0.6 is 0 Å². The molecule has 0 saturated carbocycles. The first-order chi connectivity index (χ1) is 10.9. The number of aryl methyl sites for hydroxylation is 1. The lowest BCUT2D eigenvalue weighted by molar-refractivity contribution is 0.256. The number of nitrogens with one attached hydrogen (secondary N) is 2. The van der Waals surface area contributed by atoms with E-state index in [1.165, 1.54) is 18.4 Å². The van der Waals surface area contributed by atoms with Crippen LogP contribution in [0, 0.1) is 6.92 Å². The van der Waals surface area contributed by atoms with Crippen molar-refractivity contribution in [2.24, 2.45) is 0 Å². The number of hydrogen-bond acceptors (Lipinski definition) is 4. The smallest absolute Gasteiger partial charge is 0.333 e. The number of rotatable bonds is 3. The summed E-state index contributed by atoms with van der Waals surface area (Å²) in [5.74, 6) is 0. The van der Waals surface area contributed by atoms with Gasteiger partial charge in [-0.05, 0) is 43.3 Å². The second-order valence-corrected chi connectivity index (χ2v) is 6.73. The lowest BCUT2D eigenvalue weighted by atomic mass is 10.2. The molecule has 0 bridgehead atoms. The number of amides is 2. The Morgan fingerprint density at radius 1 is 1.04 bits per heavy atom. The normalized spacial score (nSPS) is 11.3. The van der Waals surface area contributed by atoms with Gasteiger partial charge < -0.3 is 9.73 Å². The highest BCUT2D eigenvalue weighted by molar-refractivity contribution is 7.90. The van der Waals surface area contributed by atoms with Crippen molar-refractivity contribution in [2.75, 3.05) is 5.32 Å². The fourth-order valence-electron chi connectivity index (χ4n) is 2.09. The highest BCUT2D eigenvalue weighted by atomic mass is 32.2. The van der Waals surface area contributed by atoms with Gasteiger partial charge in [-0.15, -0.1) is 0 Å². The highest BCUT2D eigenvalue weighted by Crippen LogP contribution is 2.20. The maximum Gasteiger partial charge on any atom is 0.333 e. The number of benzene rings is 2. The molecule has 0 fully saturated rings. The van der Waals surface area contributed by atoms with E-state index in [9.17, 15) is 13.2 Å². The Bertz CT molecular complexity index is 959. The van der Waals surface area contributed by atoms with E-state index >= 15 is 0 Å². The molecule has 0 unspecified atom stereocenters. The van der Waals surface area contributed by atoms with Gasteiger partial charge in [0.15, 0.2) is 0 Å². The van der Waals surface area contributed by atoms with E-state index < -0.39 is 16.1 Å². The second-order valence-electron chi connectivity index (χ2n) is 5.05. The second kappa shape index (κ2) is 5.77. The van der Waals surface area contributed by atoms with Crippen LogP contribution in [0.3, 0.4) is 0 Å². The zero-order chi connectivity index (χ0) is 16.4. The van der Waals surface area contributed by atoms with Gasteiger partial charge in [-0.1, -0.05) is 17.7 Å². The van der Waals surface area contributed by atoms with Crippen molar-refractivity contribution in [1.29, 1.82) is 0 Å². The van der Waals surface area contributed by atoms with Crippen LogP contribution in [0.4, 0.5) is 10.5 Å². The van der Waals surface area contributed by atoms with Gasteiger partial charge in [0.05, 0.1) is 11.2 Å². The Hall–Kier alpha value is -2.80. The van der Waals surface area contributed by atoms with Crippen LogP contribution in [0.15, 0.2) is 64.1 Å². The summed E-state index contributed by atoms with van der Waals surface area (Å²) in [7, 11) is -3.96. The molecule has 3 rings (SSSR count). The van der Waals surface area contributed by atoms with Crippen molar-refractivity contribution < 1.29 is 17.6 Å². The number of fused-ring (bicyclic) bond motifs is 1. The van der Waals surface area contributed by atoms with Crippen molar-refractivity contribution in [3.05, 3.63) is 60.4 Å². The lowest BCUT2D eigenvalue weighted by Gasteiger charge is -2.09. The van der Waals surface area contributed by atoms with Crippen molar-refractivity contribution in [3.8, 4) is 0 Å². The number of carbonyl (C=O) groups is 1. The molecule has 118 valence electrons. The molecule has 2 aromatic carbocycles. The average molecular weight is 330 g/mol. The zero-order valence-electron chi connectivity index (χ0n) is 12.2. The summed E-state index contributed by atoms with van der Waals surface area (Å²) in [5, 5.41) is 3.12. The van der Waals surface area contributed by atoms with Crippen LogP contribution in [0.1, 0.15) is 5.56 Å². The van der Waals surface area contributed by atoms with E-state index in [1.54, 1.807) is 24.3 Å². The molecule has 0 aliphatic carbocycles. The summed E-state index contributed by atoms with van der Waals surface area (Å²) < 4.78 is 31.6. The Kier molecular flexibility index (Phi) is 3.79. The van der Waals surface area contributed by atoms with E-state index in [0.29, 0.717) is 16.7 Å². The predicted molar refractivity (Wildman–Crippen MR) is 86.7 cm³/mol. The zero-order valence-corrected chi connectivity index (χ0v) is 13.1. The summed E-state index contributed by atoms with van der Waals surface area (Å²) >= 11 is 0. The molecular formula is C16H14N2O4S. The van der Waals surface area contributed by atoms with Crippen LogP contribution in [0.2, 0.25) is 0 Å². The molecule has 1 heterocycles. The minimum Gasteiger partial charge on any atom is -0.464 e. The standard InChI is InChI=1S/C16H14N2O4S/c1-11-2-4-13(5-3-11)17-16(19)18-23(20,21)14-6-7-15-12(10-14)8-9-22-15/h2-10H,1H3,(H2,17,18,19). The molecule has 7 heteroatoms. The van der Waals surface area contributed by atoms with Gasteiger partial charge in [-0.3, -0.25) is 0 Å². The maximum absolute atomic E-state index is 12.2. The third-order valence-electron chi connectivity index (χ3n) is 3.27. The first-order valence-corrected chi connectivity index (χ1v) is 8.30. The summed E-state index contributed by atoms with van der Waals surface area (Å²) in [6.45, 7) is 1.92. The number of sulfonamides is 1. The summed E-state index contributed by atoms with van der Waals surface area (Å²) in [6, 6.07) is 12.2. The van der Waals surface area contributed by atoms with Gasteiger partial charge in [0.25, 0.3) is 10.0 Å². The van der Waals surface area contributed by atoms with Gasteiger partial charge in [0.1, 0.15) is 5.58 Å². The van der Waals surface area contributed by atoms with Gasteiger partial charge in [-0.25, -0.2) is 17.9 Å². The van der Waals surface area contributed by atoms with Crippen LogP contribution in [-0.4, -0.2) is 14.4 Å². The van der Waals surface area contributed by atoms with Gasteiger partial charge in [-0.2, -0.15) is 0 Å². The Morgan fingerprint density at radius 2 is 1.78 bits per heavy atom. The van der Waals surface area contributed by atoms with E-state index in [0.717, 1.165) is 5.56 Å². The lowest BCUT2D eigenvalue weighted by Crippen LogP contribution is -2.34. The van der Waals surface area contributed by atoms with Crippen LogP contribution < -0.4 is 10.0 Å². The molecule has 1 aromatic heterocycles. The molecule has 2 N–H and O–H groups in total. The van der Waals surface area contributed by atoms with Crippen LogP contribution in [0.25, 0.3) is 11.0 Å². The molecule has 0 aliphatic rings. The van der Waals surface area contributed by atoms with Gasteiger partial charge >= 0.3 is 6.03 Å². The molecule has 6 nitrogen and oxygen atoms in total. The Labute approximate surface area is 133 Å². The summed E-state index contributed by atoms with van der Waals surface area (Å²) in [5.41, 5.74) is 2.12. The quantitative estimate of drug-likeness (QED) is 0.771. The van der Waals surface area contributed by atoms with Crippen molar-refractivity contribution in [2.45, 2.75) is 11.8 Å². The summed E-state index contributed by atoms with van der Waals surface area (Å²) in [6.07, 6.45) is 1.47. The molecule has 0 aliphatic heterocycles.